The number of carboxylic acids is 1. The first kappa shape index (κ1) is 21.9. The van der Waals surface area contributed by atoms with Crippen LogP contribution in [0, 0.1) is 5.92 Å². The Labute approximate surface area is 168 Å². The number of aliphatic carboxylic acids is 1. The maximum Gasteiger partial charge on any atom is 0.408 e. The van der Waals surface area contributed by atoms with Crippen LogP contribution in [0.5, 0.6) is 0 Å². The van der Waals surface area contributed by atoms with E-state index in [9.17, 15) is 19.5 Å². The topological polar surface area (TPSA) is 136 Å². The van der Waals surface area contributed by atoms with Crippen molar-refractivity contribution in [3.63, 3.8) is 0 Å². The summed E-state index contributed by atoms with van der Waals surface area (Å²) >= 11 is 0. The first-order valence-corrected chi connectivity index (χ1v) is 9.36. The zero-order valence-electron chi connectivity index (χ0n) is 16.4. The van der Waals surface area contributed by atoms with Crippen molar-refractivity contribution >= 4 is 18.0 Å². The quantitative estimate of drug-likeness (QED) is 0.531. The van der Waals surface area contributed by atoms with Gasteiger partial charge in [-0.2, -0.15) is 0 Å². The number of rotatable bonds is 10. The van der Waals surface area contributed by atoms with Crippen molar-refractivity contribution < 1.29 is 24.2 Å². The van der Waals surface area contributed by atoms with Gasteiger partial charge in [-0.15, -0.1) is 0 Å². The average molecular weight is 401 g/mol. The number of nitrogens with one attached hydrogen (secondary N) is 3. The molecule has 156 valence electrons. The Morgan fingerprint density at radius 1 is 1.21 bits per heavy atom. The molecule has 0 saturated carbocycles. The Morgan fingerprint density at radius 2 is 1.93 bits per heavy atom. The number of aromatic nitrogens is 2. The summed E-state index contributed by atoms with van der Waals surface area (Å²) in [5.41, 5.74) is 1.35. The van der Waals surface area contributed by atoms with Crippen LogP contribution >= 0.6 is 0 Å². The largest absolute Gasteiger partial charge is 0.548 e. The summed E-state index contributed by atoms with van der Waals surface area (Å²) in [7, 11) is 0. The van der Waals surface area contributed by atoms with Gasteiger partial charge in [-0.25, -0.2) is 9.78 Å². The first-order chi connectivity index (χ1) is 13.9. The van der Waals surface area contributed by atoms with Crippen LogP contribution in [-0.2, 0) is 27.4 Å². The van der Waals surface area contributed by atoms with E-state index < -0.39 is 30.1 Å². The summed E-state index contributed by atoms with van der Waals surface area (Å²) in [5.74, 6) is -2.29. The van der Waals surface area contributed by atoms with Crippen molar-refractivity contribution in [1.82, 2.24) is 20.6 Å². The van der Waals surface area contributed by atoms with Gasteiger partial charge in [0.2, 0.25) is 5.91 Å². The van der Waals surface area contributed by atoms with Crippen LogP contribution in [0.4, 0.5) is 4.79 Å². The zero-order valence-corrected chi connectivity index (χ0v) is 16.4. The Bertz CT molecular complexity index is 794. The third kappa shape index (κ3) is 6.95. The molecule has 29 heavy (non-hydrogen) atoms. The molecule has 9 nitrogen and oxygen atoms in total. The molecule has 2 amide bonds. The minimum Gasteiger partial charge on any atom is -0.548 e. The van der Waals surface area contributed by atoms with Crippen molar-refractivity contribution in [1.29, 1.82) is 0 Å². The molecule has 2 rings (SSSR count). The number of carbonyl (C=O) groups excluding carboxylic acids is 3. The van der Waals surface area contributed by atoms with Crippen molar-refractivity contribution in [2.75, 3.05) is 0 Å². The highest BCUT2D eigenvalue weighted by Crippen LogP contribution is 2.10. The summed E-state index contributed by atoms with van der Waals surface area (Å²) < 4.78 is 5.17. The number of alkyl carbamates (subject to hydrolysis) is 1. The maximum atomic E-state index is 12.7. The highest BCUT2D eigenvalue weighted by Gasteiger charge is 2.28. The summed E-state index contributed by atoms with van der Waals surface area (Å²) in [6.45, 7) is 3.70. The standard InChI is InChI=1S/C20H26N4O5/c1-3-13(2)17(24-20(28)29-11-14-7-5-4-6-8-14)18(25)23-16(19(26)27)9-15-10-21-12-22-15/h4-8,10,12-13,16-17H,3,9,11H2,1-2H3,(H,21,22)(H,23,25)(H,24,28)(H,26,27)/p-1/t13-,16-,17-/m0/s1. The van der Waals surface area contributed by atoms with Crippen molar-refractivity contribution in [2.24, 2.45) is 5.92 Å². The van der Waals surface area contributed by atoms with E-state index in [1.807, 2.05) is 37.3 Å². The number of benzene rings is 1. The van der Waals surface area contributed by atoms with E-state index in [0.29, 0.717) is 12.1 Å². The third-order valence-corrected chi connectivity index (χ3v) is 4.56. The lowest BCUT2D eigenvalue weighted by Gasteiger charge is -2.26. The van der Waals surface area contributed by atoms with Gasteiger partial charge in [-0.1, -0.05) is 50.6 Å². The van der Waals surface area contributed by atoms with Gasteiger partial charge in [0.1, 0.15) is 12.6 Å². The number of imidazole rings is 1. The van der Waals surface area contributed by atoms with Gasteiger partial charge in [-0.05, 0) is 11.5 Å². The van der Waals surface area contributed by atoms with Crippen LogP contribution in [-0.4, -0.2) is 40.0 Å². The van der Waals surface area contributed by atoms with E-state index in [0.717, 1.165) is 5.56 Å². The molecule has 0 unspecified atom stereocenters. The van der Waals surface area contributed by atoms with Gasteiger partial charge in [0.05, 0.1) is 18.3 Å². The van der Waals surface area contributed by atoms with Gasteiger partial charge >= 0.3 is 6.09 Å². The summed E-state index contributed by atoms with van der Waals surface area (Å²) in [4.78, 5) is 42.9. The molecule has 0 spiro atoms. The monoisotopic (exact) mass is 401 g/mol. The van der Waals surface area contributed by atoms with Gasteiger partial charge in [-0.3, -0.25) is 4.79 Å². The Hall–Kier alpha value is -3.36. The normalized spacial score (nSPS) is 13.7. The molecule has 1 heterocycles. The van der Waals surface area contributed by atoms with E-state index in [1.165, 1.54) is 12.5 Å². The van der Waals surface area contributed by atoms with Crippen LogP contribution in [0.25, 0.3) is 0 Å². The van der Waals surface area contributed by atoms with E-state index in [1.54, 1.807) is 6.92 Å². The molecule has 0 radical (unpaired) electrons. The smallest absolute Gasteiger partial charge is 0.408 e. The average Bonchev–Trinajstić information content (AvgIpc) is 3.23. The lowest BCUT2D eigenvalue weighted by molar-refractivity contribution is -0.308. The van der Waals surface area contributed by atoms with Crippen LogP contribution in [0.3, 0.4) is 0 Å². The lowest BCUT2D eigenvalue weighted by atomic mass is 9.98. The summed E-state index contributed by atoms with van der Waals surface area (Å²) in [6, 6.07) is 6.91. The molecule has 0 aliphatic heterocycles. The predicted octanol–water partition coefficient (Wildman–Crippen LogP) is 0.528. The van der Waals surface area contributed by atoms with Gasteiger partial charge in [0.15, 0.2) is 0 Å². The van der Waals surface area contributed by atoms with Crippen LogP contribution in [0.2, 0.25) is 0 Å². The van der Waals surface area contributed by atoms with Crippen molar-refractivity contribution in [3.8, 4) is 0 Å². The van der Waals surface area contributed by atoms with Crippen LogP contribution < -0.4 is 15.7 Å². The maximum absolute atomic E-state index is 12.7. The highest BCUT2D eigenvalue weighted by atomic mass is 16.5. The molecule has 0 aliphatic rings. The number of nitrogens with zero attached hydrogens (tertiary/aromatic N) is 1. The highest BCUT2D eigenvalue weighted by molar-refractivity contribution is 5.89. The number of amides is 2. The summed E-state index contributed by atoms with van der Waals surface area (Å²) in [5, 5.41) is 16.4. The van der Waals surface area contributed by atoms with E-state index >= 15 is 0 Å². The molecule has 1 aromatic carbocycles. The summed E-state index contributed by atoms with van der Waals surface area (Å²) in [6.07, 6.45) is 2.70. The van der Waals surface area contributed by atoms with Crippen LogP contribution in [0.1, 0.15) is 31.5 Å². The Balaban J connectivity index is 1.98. The molecule has 0 fully saturated rings. The Kier molecular flexibility index (Phi) is 8.20. The van der Waals surface area contributed by atoms with Crippen LogP contribution in [0.15, 0.2) is 42.9 Å². The number of carbonyl (C=O) groups is 3. The number of aromatic amines is 1. The van der Waals surface area contributed by atoms with Gasteiger partial charge in [0.25, 0.3) is 0 Å². The molecule has 0 aliphatic carbocycles. The number of ether oxygens (including phenoxy) is 1. The number of hydrogen-bond acceptors (Lipinski definition) is 6. The fourth-order valence-corrected chi connectivity index (χ4v) is 2.66. The lowest BCUT2D eigenvalue weighted by Crippen LogP contribution is -2.56. The molecule has 3 atom stereocenters. The number of H-pyrrole nitrogens is 1. The van der Waals surface area contributed by atoms with E-state index in [2.05, 4.69) is 20.6 Å². The van der Waals surface area contributed by atoms with Crippen molar-refractivity contribution in [3.05, 3.63) is 54.1 Å². The minimum atomic E-state index is -1.43. The van der Waals surface area contributed by atoms with Gasteiger partial charge in [0, 0.05) is 18.3 Å². The third-order valence-electron chi connectivity index (χ3n) is 4.56. The predicted molar refractivity (Wildman–Crippen MR) is 102 cm³/mol. The van der Waals surface area contributed by atoms with E-state index in [-0.39, 0.29) is 18.9 Å². The molecular formula is C20H25N4O5-. The molecule has 1 aromatic heterocycles. The SMILES string of the molecule is CC[C@H](C)[C@H](NC(=O)OCc1ccccc1)C(=O)N[C@@H](Cc1cnc[nH]1)C(=O)[O-]. The minimum absolute atomic E-state index is 0.0141. The second-order valence-electron chi connectivity index (χ2n) is 6.73. The fourth-order valence-electron chi connectivity index (χ4n) is 2.66. The molecule has 2 aromatic rings. The first-order valence-electron chi connectivity index (χ1n) is 9.36. The molecule has 0 bridgehead atoms. The fraction of sp³-hybridized carbons (Fsp3) is 0.400. The second-order valence-corrected chi connectivity index (χ2v) is 6.73. The van der Waals surface area contributed by atoms with Crippen molar-refractivity contribution in [2.45, 2.75) is 45.4 Å². The molecular weight excluding hydrogens is 376 g/mol. The molecule has 9 heteroatoms. The molecule has 3 N–H and O–H groups in total. The van der Waals surface area contributed by atoms with E-state index in [4.69, 9.17) is 4.74 Å². The molecule has 0 saturated heterocycles. The van der Waals surface area contributed by atoms with Gasteiger partial charge < -0.3 is 30.3 Å². The Morgan fingerprint density at radius 3 is 2.52 bits per heavy atom. The number of hydrogen-bond donors (Lipinski definition) is 3. The zero-order chi connectivity index (χ0) is 21.2. The number of carboxylic acid groups (broad SMARTS) is 1. The second kappa shape index (κ2) is 10.8.